The highest BCUT2D eigenvalue weighted by molar-refractivity contribution is 6.04. The van der Waals surface area contributed by atoms with E-state index in [1.54, 1.807) is 31.2 Å². The molecule has 5 heteroatoms. The Hall–Kier alpha value is -2.43. The van der Waals surface area contributed by atoms with Crippen molar-refractivity contribution < 1.29 is 19.8 Å². The van der Waals surface area contributed by atoms with E-state index < -0.39 is 11.9 Å². The second-order valence-corrected chi connectivity index (χ2v) is 4.27. The first-order chi connectivity index (χ1) is 9.00. The number of carbonyl (C=O) groups is 2. The van der Waals surface area contributed by atoms with E-state index in [1.165, 1.54) is 0 Å². The highest BCUT2D eigenvalue weighted by atomic mass is 16.4. The first-order valence-electron chi connectivity index (χ1n) is 5.84. The number of hydrogen-bond acceptors (Lipinski definition) is 3. The number of fused-ring (bicyclic) bond motifs is 1. The van der Waals surface area contributed by atoms with Crippen molar-refractivity contribution in [3.63, 3.8) is 0 Å². The molecular weight excluding hydrogens is 246 g/mol. The molecule has 0 aliphatic carbocycles. The summed E-state index contributed by atoms with van der Waals surface area (Å²) in [6.45, 7) is 1.70. The summed E-state index contributed by atoms with van der Waals surface area (Å²) in [6.07, 6.45) is 0.0573. The lowest BCUT2D eigenvalue weighted by Crippen LogP contribution is -2.09. The number of para-hydroxylation sites is 1. The third-order valence-electron chi connectivity index (χ3n) is 3.00. The van der Waals surface area contributed by atoms with Gasteiger partial charge in [-0.25, -0.2) is 4.79 Å². The van der Waals surface area contributed by atoms with Crippen molar-refractivity contribution in [3.8, 4) is 0 Å². The number of benzene rings is 1. The van der Waals surface area contributed by atoms with Crippen LogP contribution in [0.4, 0.5) is 0 Å². The van der Waals surface area contributed by atoms with Gasteiger partial charge in [0.15, 0.2) is 0 Å². The van der Waals surface area contributed by atoms with Gasteiger partial charge in [-0.05, 0) is 25.0 Å². The van der Waals surface area contributed by atoms with Gasteiger partial charge in [0.1, 0.15) is 0 Å². The Balaban J connectivity index is 2.67. The Kier molecular flexibility index (Phi) is 3.46. The number of rotatable bonds is 4. The summed E-state index contributed by atoms with van der Waals surface area (Å²) in [4.78, 5) is 26.5. The van der Waals surface area contributed by atoms with Crippen molar-refractivity contribution in [2.75, 3.05) is 0 Å². The van der Waals surface area contributed by atoms with Gasteiger partial charge < -0.3 is 10.2 Å². The topological polar surface area (TPSA) is 87.5 Å². The number of aromatic nitrogens is 1. The molecule has 1 aromatic heterocycles. The molecule has 0 bridgehead atoms. The van der Waals surface area contributed by atoms with E-state index in [0.29, 0.717) is 22.2 Å². The summed E-state index contributed by atoms with van der Waals surface area (Å²) >= 11 is 0. The van der Waals surface area contributed by atoms with E-state index >= 15 is 0 Å². The summed E-state index contributed by atoms with van der Waals surface area (Å²) in [5.74, 6) is -2.01. The summed E-state index contributed by atoms with van der Waals surface area (Å²) in [6, 6.07) is 6.97. The molecule has 0 saturated heterocycles. The molecule has 2 N–H and O–H groups in total. The number of carboxylic acid groups (broad SMARTS) is 2. The Morgan fingerprint density at radius 3 is 2.53 bits per heavy atom. The summed E-state index contributed by atoms with van der Waals surface area (Å²) < 4.78 is 0. The van der Waals surface area contributed by atoms with Crippen LogP contribution in [-0.4, -0.2) is 27.1 Å². The third kappa shape index (κ3) is 2.54. The summed E-state index contributed by atoms with van der Waals surface area (Å²) in [7, 11) is 0. The molecule has 0 saturated carbocycles. The minimum atomic E-state index is -1.05. The molecule has 0 radical (unpaired) electrons. The highest BCUT2D eigenvalue weighted by Gasteiger charge is 2.18. The highest BCUT2D eigenvalue weighted by Crippen LogP contribution is 2.24. The molecule has 0 spiro atoms. The predicted molar refractivity (Wildman–Crippen MR) is 69.4 cm³/mol. The van der Waals surface area contributed by atoms with E-state index in [-0.39, 0.29) is 18.4 Å². The lowest BCUT2D eigenvalue weighted by Gasteiger charge is -2.11. The zero-order valence-electron chi connectivity index (χ0n) is 10.4. The lowest BCUT2D eigenvalue weighted by atomic mass is 9.97. The van der Waals surface area contributed by atoms with Crippen molar-refractivity contribution in [3.05, 3.63) is 41.1 Å². The van der Waals surface area contributed by atoms with E-state index in [1.807, 2.05) is 0 Å². The number of pyridine rings is 1. The molecule has 0 aliphatic rings. The molecule has 0 aliphatic heterocycles. The van der Waals surface area contributed by atoms with Crippen LogP contribution in [0.25, 0.3) is 10.9 Å². The van der Waals surface area contributed by atoms with Crippen molar-refractivity contribution in [1.29, 1.82) is 0 Å². The number of aliphatic carboxylic acids is 1. The van der Waals surface area contributed by atoms with Crippen LogP contribution in [-0.2, 0) is 11.2 Å². The number of aryl methyl sites for hydroxylation is 1. The zero-order valence-corrected chi connectivity index (χ0v) is 10.4. The van der Waals surface area contributed by atoms with Gasteiger partial charge in [0.05, 0.1) is 11.1 Å². The zero-order chi connectivity index (χ0) is 14.0. The van der Waals surface area contributed by atoms with E-state index in [0.717, 1.165) is 0 Å². The minimum absolute atomic E-state index is 0.110. The molecule has 0 unspecified atom stereocenters. The van der Waals surface area contributed by atoms with Crippen LogP contribution in [0, 0.1) is 6.92 Å². The average molecular weight is 259 g/mol. The average Bonchev–Trinajstić information content (AvgIpc) is 2.35. The number of hydrogen-bond donors (Lipinski definition) is 2. The van der Waals surface area contributed by atoms with Gasteiger partial charge >= 0.3 is 11.9 Å². The fraction of sp³-hybridized carbons (Fsp3) is 0.214. The number of aromatic carboxylic acids is 1. The first-order valence-corrected chi connectivity index (χ1v) is 5.84. The van der Waals surface area contributed by atoms with Gasteiger partial charge in [-0.1, -0.05) is 18.2 Å². The number of nitrogens with zero attached hydrogens (tertiary/aromatic N) is 1. The van der Waals surface area contributed by atoms with E-state index in [2.05, 4.69) is 4.98 Å². The largest absolute Gasteiger partial charge is 0.481 e. The van der Waals surface area contributed by atoms with Crippen LogP contribution in [0.3, 0.4) is 0 Å². The molecular formula is C14H13NO4. The standard InChI is InChI=1S/C14H13NO4/c1-8-9(6-7-12(16)17)13(14(18)19)10-4-2-3-5-11(10)15-8/h2-5H,6-7H2,1H3,(H,16,17)(H,18,19). The van der Waals surface area contributed by atoms with Crippen LogP contribution in [0.5, 0.6) is 0 Å². The maximum Gasteiger partial charge on any atom is 0.336 e. The Labute approximate surface area is 109 Å². The van der Waals surface area contributed by atoms with E-state index in [9.17, 15) is 14.7 Å². The molecule has 0 atom stereocenters. The van der Waals surface area contributed by atoms with Gasteiger partial charge in [-0.2, -0.15) is 0 Å². The molecule has 2 rings (SSSR count). The Morgan fingerprint density at radius 1 is 1.21 bits per heavy atom. The fourth-order valence-electron chi connectivity index (χ4n) is 2.16. The van der Waals surface area contributed by atoms with Gasteiger partial charge in [0.2, 0.25) is 0 Å². The molecule has 1 heterocycles. The van der Waals surface area contributed by atoms with Crippen molar-refractivity contribution in [2.24, 2.45) is 0 Å². The van der Waals surface area contributed by atoms with Gasteiger partial charge in [0.25, 0.3) is 0 Å². The lowest BCUT2D eigenvalue weighted by molar-refractivity contribution is -0.136. The SMILES string of the molecule is Cc1nc2ccccc2c(C(=O)O)c1CCC(=O)O. The van der Waals surface area contributed by atoms with Crippen LogP contribution in [0.15, 0.2) is 24.3 Å². The molecule has 19 heavy (non-hydrogen) atoms. The van der Waals surface area contributed by atoms with Gasteiger partial charge in [0, 0.05) is 17.5 Å². The third-order valence-corrected chi connectivity index (χ3v) is 3.00. The normalized spacial score (nSPS) is 10.6. The maximum absolute atomic E-state index is 11.5. The minimum Gasteiger partial charge on any atom is -0.481 e. The maximum atomic E-state index is 11.5. The van der Waals surface area contributed by atoms with Crippen LogP contribution in [0.1, 0.15) is 28.0 Å². The Bertz CT molecular complexity index is 664. The molecule has 2 aromatic rings. The van der Waals surface area contributed by atoms with Crippen molar-refractivity contribution >= 4 is 22.8 Å². The predicted octanol–water partition coefficient (Wildman–Crippen LogP) is 2.26. The van der Waals surface area contributed by atoms with Crippen LogP contribution in [0.2, 0.25) is 0 Å². The fourth-order valence-corrected chi connectivity index (χ4v) is 2.16. The molecule has 0 amide bonds. The van der Waals surface area contributed by atoms with Crippen molar-refractivity contribution in [1.82, 2.24) is 4.98 Å². The van der Waals surface area contributed by atoms with Gasteiger partial charge in [-0.15, -0.1) is 0 Å². The van der Waals surface area contributed by atoms with E-state index in [4.69, 9.17) is 5.11 Å². The van der Waals surface area contributed by atoms with Crippen LogP contribution < -0.4 is 0 Å². The van der Waals surface area contributed by atoms with Crippen LogP contribution >= 0.6 is 0 Å². The molecule has 1 aromatic carbocycles. The quantitative estimate of drug-likeness (QED) is 0.879. The monoisotopic (exact) mass is 259 g/mol. The smallest absolute Gasteiger partial charge is 0.336 e. The molecule has 0 fully saturated rings. The first kappa shape index (κ1) is 13.0. The number of carboxylic acids is 2. The second-order valence-electron chi connectivity index (χ2n) is 4.27. The molecule has 98 valence electrons. The molecule has 5 nitrogen and oxygen atoms in total. The van der Waals surface area contributed by atoms with Crippen molar-refractivity contribution in [2.45, 2.75) is 19.8 Å². The summed E-state index contributed by atoms with van der Waals surface area (Å²) in [5.41, 5.74) is 1.83. The summed E-state index contributed by atoms with van der Waals surface area (Å²) in [5, 5.41) is 18.7. The Morgan fingerprint density at radius 2 is 1.89 bits per heavy atom. The van der Waals surface area contributed by atoms with Gasteiger partial charge in [-0.3, -0.25) is 9.78 Å². The second kappa shape index (κ2) is 5.06.